The van der Waals surface area contributed by atoms with Crippen LogP contribution in [0.1, 0.15) is 53.6 Å². The molecule has 0 unspecified atom stereocenters. The third-order valence-electron chi connectivity index (χ3n) is 5.55. The summed E-state index contributed by atoms with van der Waals surface area (Å²) in [5, 5.41) is 3.05. The van der Waals surface area contributed by atoms with Crippen LogP contribution in [0.25, 0.3) is 0 Å². The minimum absolute atomic E-state index is 0.146. The summed E-state index contributed by atoms with van der Waals surface area (Å²) >= 11 is 0. The van der Waals surface area contributed by atoms with Gasteiger partial charge in [0.2, 0.25) is 0 Å². The molecule has 6 nitrogen and oxygen atoms in total. The van der Waals surface area contributed by atoms with E-state index in [1.807, 2.05) is 6.92 Å². The van der Waals surface area contributed by atoms with Gasteiger partial charge >= 0.3 is 0 Å². The number of carbonyl (C=O) groups is 1. The molecule has 156 valence electrons. The van der Waals surface area contributed by atoms with Crippen LogP contribution in [0.2, 0.25) is 0 Å². The molecular weight excluding hydrogens is 388 g/mol. The van der Waals surface area contributed by atoms with Crippen molar-refractivity contribution in [2.24, 2.45) is 0 Å². The first kappa shape index (κ1) is 21.2. The molecule has 2 N–H and O–H groups in total. The molecule has 0 atom stereocenters. The zero-order valence-electron chi connectivity index (χ0n) is 17.1. The van der Waals surface area contributed by atoms with Crippen molar-refractivity contribution in [1.82, 2.24) is 5.32 Å². The molecule has 0 radical (unpaired) electrons. The molecule has 29 heavy (non-hydrogen) atoms. The predicted octanol–water partition coefficient (Wildman–Crippen LogP) is 4.18. The predicted molar refractivity (Wildman–Crippen MR) is 114 cm³/mol. The summed E-state index contributed by atoms with van der Waals surface area (Å²) in [6.07, 6.45) is 5.34. The standard InChI is InChI=1S/C22H28N2O4S/c1-15-16(2)21(14-13-20(15)28-3)29(26,27)24-19-12-8-7-11-18(19)22(25)23-17-9-5-4-6-10-17/h7-8,11-14,17,24H,4-6,9-10H2,1-3H3,(H,23,25). The van der Waals surface area contributed by atoms with E-state index in [0.717, 1.165) is 31.2 Å². The number of rotatable bonds is 6. The third-order valence-corrected chi connectivity index (χ3v) is 7.06. The fourth-order valence-corrected chi connectivity index (χ4v) is 5.14. The van der Waals surface area contributed by atoms with Gasteiger partial charge in [0, 0.05) is 6.04 Å². The summed E-state index contributed by atoms with van der Waals surface area (Å²) < 4.78 is 34.0. The largest absolute Gasteiger partial charge is 0.496 e. The number of hydrogen-bond donors (Lipinski definition) is 2. The molecule has 0 aromatic heterocycles. The highest BCUT2D eigenvalue weighted by atomic mass is 32.2. The Labute approximate surface area is 172 Å². The van der Waals surface area contributed by atoms with E-state index in [0.29, 0.717) is 16.9 Å². The Morgan fingerprint density at radius 1 is 1.00 bits per heavy atom. The van der Waals surface area contributed by atoms with E-state index in [4.69, 9.17) is 4.74 Å². The van der Waals surface area contributed by atoms with Crippen LogP contribution in [0.4, 0.5) is 5.69 Å². The van der Waals surface area contributed by atoms with Gasteiger partial charge in [-0.25, -0.2) is 8.42 Å². The quantitative estimate of drug-likeness (QED) is 0.740. The average molecular weight is 417 g/mol. The Balaban J connectivity index is 1.86. The second-order valence-electron chi connectivity index (χ2n) is 7.48. The third kappa shape index (κ3) is 4.72. The van der Waals surface area contributed by atoms with E-state index in [1.54, 1.807) is 44.4 Å². The van der Waals surface area contributed by atoms with Crippen molar-refractivity contribution >= 4 is 21.6 Å². The van der Waals surface area contributed by atoms with Crippen molar-refractivity contribution in [3.05, 3.63) is 53.1 Å². The van der Waals surface area contributed by atoms with E-state index in [9.17, 15) is 13.2 Å². The normalized spacial score (nSPS) is 15.0. The van der Waals surface area contributed by atoms with Crippen molar-refractivity contribution in [2.45, 2.75) is 56.9 Å². The number of methoxy groups -OCH3 is 1. The first-order chi connectivity index (χ1) is 13.8. The number of nitrogens with one attached hydrogen (secondary N) is 2. The fraction of sp³-hybridized carbons (Fsp3) is 0.409. The number of benzene rings is 2. The number of ether oxygens (including phenoxy) is 1. The molecule has 0 bridgehead atoms. The van der Waals surface area contributed by atoms with E-state index in [1.165, 1.54) is 12.5 Å². The van der Waals surface area contributed by atoms with Gasteiger partial charge in [-0.2, -0.15) is 0 Å². The Bertz CT molecular complexity index is 996. The van der Waals surface area contributed by atoms with E-state index in [-0.39, 0.29) is 22.5 Å². The maximum atomic E-state index is 13.1. The zero-order valence-corrected chi connectivity index (χ0v) is 17.9. The van der Waals surface area contributed by atoms with Crippen LogP contribution in [-0.2, 0) is 10.0 Å². The molecule has 1 saturated carbocycles. The van der Waals surface area contributed by atoms with E-state index < -0.39 is 10.0 Å². The molecule has 2 aromatic rings. The molecule has 1 aliphatic rings. The van der Waals surface area contributed by atoms with Crippen LogP contribution in [-0.4, -0.2) is 27.5 Å². The van der Waals surface area contributed by atoms with Gasteiger partial charge in [-0.3, -0.25) is 9.52 Å². The minimum Gasteiger partial charge on any atom is -0.496 e. The molecule has 2 aromatic carbocycles. The minimum atomic E-state index is -3.87. The topological polar surface area (TPSA) is 84.5 Å². The number of sulfonamides is 1. The number of carbonyl (C=O) groups excluding carboxylic acids is 1. The lowest BCUT2D eigenvalue weighted by Gasteiger charge is -2.23. The number of para-hydroxylation sites is 1. The summed E-state index contributed by atoms with van der Waals surface area (Å²) in [5.74, 6) is 0.381. The van der Waals surface area contributed by atoms with Crippen LogP contribution in [0, 0.1) is 13.8 Å². The number of anilines is 1. The maximum absolute atomic E-state index is 13.1. The van der Waals surface area contributed by atoms with Gasteiger partial charge in [-0.05, 0) is 62.1 Å². The van der Waals surface area contributed by atoms with Crippen molar-refractivity contribution in [2.75, 3.05) is 11.8 Å². The molecule has 3 rings (SSSR count). The monoisotopic (exact) mass is 416 g/mol. The highest BCUT2D eigenvalue weighted by molar-refractivity contribution is 7.92. The first-order valence-corrected chi connectivity index (χ1v) is 11.4. The molecular formula is C22H28N2O4S. The zero-order chi connectivity index (χ0) is 21.0. The van der Waals surface area contributed by atoms with Crippen molar-refractivity contribution in [1.29, 1.82) is 0 Å². The summed E-state index contributed by atoms with van der Waals surface area (Å²) in [4.78, 5) is 13.0. The van der Waals surface area contributed by atoms with Gasteiger partial charge in [0.25, 0.3) is 15.9 Å². The van der Waals surface area contributed by atoms with Crippen molar-refractivity contribution in [3.8, 4) is 5.75 Å². The Morgan fingerprint density at radius 2 is 1.69 bits per heavy atom. The van der Waals surface area contributed by atoms with Crippen LogP contribution < -0.4 is 14.8 Å². The van der Waals surface area contributed by atoms with Gasteiger partial charge < -0.3 is 10.1 Å². The SMILES string of the molecule is COc1ccc(S(=O)(=O)Nc2ccccc2C(=O)NC2CCCCC2)c(C)c1C. The lowest BCUT2D eigenvalue weighted by atomic mass is 9.95. The van der Waals surface area contributed by atoms with Crippen LogP contribution in [0.3, 0.4) is 0 Å². The molecule has 7 heteroatoms. The van der Waals surface area contributed by atoms with Gasteiger partial charge in [-0.15, -0.1) is 0 Å². The second-order valence-corrected chi connectivity index (χ2v) is 9.13. The van der Waals surface area contributed by atoms with Gasteiger partial charge in [0.05, 0.1) is 23.3 Å². The Morgan fingerprint density at radius 3 is 2.38 bits per heavy atom. The second kappa shape index (κ2) is 8.86. The summed E-state index contributed by atoms with van der Waals surface area (Å²) in [5.41, 5.74) is 1.97. The molecule has 0 aliphatic heterocycles. The summed E-state index contributed by atoms with van der Waals surface area (Å²) in [6.45, 7) is 3.56. The van der Waals surface area contributed by atoms with Crippen molar-refractivity contribution < 1.29 is 17.9 Å². The maximum Gasteiger partial charge on any atom is 0.262 e. The van der Waals surface area contributed by atoms with Gasteiger partial charge in [0.15, 0.2) is 0 Å². The summed E-state index contributed by atoms with van der Waals surface area (Å²) in [6, 6.07) is 10.00. The van der Waals surface area contributed by atoms with Gasteiger partial charge in [-0.1, -0.05) is 31.4 Å². The lowest BCUT2D eigenvalue weighted by Crippen LogP contribution is -2.36. The molecule has 1 fully saturated rings. The van der Waals surface area contributed by atoms with Gasteiger partial charge in [0.1, 0.15) is 5.75 Å². The Kier molecular flexibility index (Phi) is 6.47. The molecule has 1 amide bonds. The molecule has 0 spiro atoms. The van der Waals surface area contributed by atoms with Crippen molar-refractivity contribution in [3.63, 3.8) is 0 Å². The first-order valence-electron chi connectivity index (χ1n) is 9.90. The summed E-state index contributed by atoms with van der Waals surface area (Å²) in [7, 11) is -2.32. The highest BCUT2D eigenvalue weighted by Gasteiger charge is 2.23. The van der Waals surface area contributed by atoms with Crippen LogP contribution in [0.15, 0.2) is 41.3 Å². The number of amides is 1. The molecule has 1 aliphatic carbocycles. The highest BCUT2D eigenvalue weighted by Crippen LogP contribution is 2.29. The molecule has 0 saturated heterocycles. The van der Waals surface area contributed by atoms with E-state index >= 15 is 0 Å². The fourth-order valence-electron chi connectivity index (χ4n) is 3.76. The van der Waals surface area contributed by atoms with E-state index in [2.05, 4.69) is 10.0 Å². The smallest absolute Gasteiger partial charge is 0.262 e. The van der Waals surface area contributed by atoms with Crippen LogP contribution >= 0.6 is 0 Å². The molecule has 0 heterocycles. The Hall–Kier alpha value is -2.54. The average Bonchev–Trinajstić information content (AvgIpc) is 2.70. The lowest BCUT2D eigenvalue weighted by molar-refractivity contribution is 0.0928. The number of hydrogen-bond acceptors (Lipinski definition) is 4. The van der Waals surface area contributed by atoms with Crippen LogP contribution in [0.5, 0.6) is 5.75 Å².